The third-order valence-electron chi connectivity index (χ3n) is 7.41. The molecule has 5 rings (SSSR count). The summed E-state index contributed by atoms with van der Waals surface area (Å²) in [6.45, 7) is 0.465. The topological polar surface area (TPSA) is 112 Å². The molecule has 9 nitrogen and oxygen atoms in total. The molecule has 1 aliphatic carbocycles. The first kappa shape index (κ1) is 28.9. The lowest BCUT2D eigenvalue weighted by molar-refractivity contribution is -0.124. The summed E-state index contributed by atoms with van der Waals surface area (Å²) in [5, 5.41) is 16.8. The van der Waals surface area contributed by atoms with Gasteiger partial charge in [-0.25, -0.2) is 9.48 Å². The van der Waals surface area contributed by atoms with Crippen LogP contribution in [-0.4, -0.2) is 46.0 Å². The van der Waals surface area contributed by atoms with Crippen molar-refractivity contribution in [2.24, 2.45) is 0 Å². The van der Waals surface area contributed by atoms with E-state index in [-0.39, 0.29) is 42.8 Å². The third-order valence-corrected chi connectivity index (χ3v) is 7.41. The molecule has 0 bridgehead atoms. The van der Waals surface area contributed by atoms with Crippen LogP contribution >= 0.6 is 0 Å². The maximum absolute atomic E-state index is 13.2. The van der Waals surface area contributed by atoms with Gasteiger partial charge in [0.15, 0.2) is 5.69 Å². The van der Waals surface area contributed by atoms with Gasteiger partial charge in [0.05, 0.1) is 25.9 Å². The summed E-state index contributed by atoms with van der Waals surface area (Å²) in [7, 11) is 1.62. The van der Waals surface area contributed by atoms with E-state index in [1.807, 2.05) is 78.9 Å². The zero-order valence-electron chi connectivity index (χ0n) is 23.6. The Kier molecular flexibility index (Phi) is 9.51. The molecule has 1 aromatic heterocycles. The smallest absolute Gasteiger partial charge is 0.356 e. The number of hydrogen-bond donors (Lipinski definition) is 2. The number of methoxy groups -OCH3 is 1. The molecule has 3 aromatic carbocycles. The largest absolute Gasteiger partial charge is 0.497 e. The van der Waals surface area contributed by atoms with Gasteiger partial charge in [-0.2, -0.15) is 5.10 Å². The fourth-order valence-corrected chi connectivity index (χ4v) is 5.21. The van der Waals surface area contributed by atoms with Crippen molar-refractivity contribution in [3.8, 4) is 22.8 Å². The van der Waals surface area contributed by atoms with E-state index in [0.717, 1.165) is 53.7 Å². The number of nitrogens with one attached hydrogen (secondary N) is 1. The highest BCUT2D eigenvalue weighted by Gasteiger charge is 2.28. The quantitative estimate of drug-likeness (QED) is 0.232. The Morgan fingerprint density at radius 2 is 1.69 bits per heavy atom. The van der Waals surface area contributed by atoms with E-state index in [2.05, 4.69) is 10.4 Å². The van der Waals surface area contributed by atoms with E-state index in [4.69, 9.17) is 14.2 Å². The van der Waals surface area contributed by atoms with E-state index in [1.54, 1.807) is 7.11 Å². The van der Waals surface area contributed by atoms with Crippen molar-refractivity contribution in [2.45, 2.75) is 57.6 Å². The number of ether oxygens (including phenoxy) is 3. The number of carboxylic acid groups (broad SMARTS) is 1. The van der Waals surface area contributed by atoms with Crippen LogP contribution < -0.4 is 14.8 Å². The van der Waals surface area contributed by atoms with E-state index in [0.29, 0.717) is 6.61 Å². The van der Waals surface area contributed by atoms with Crippen molar-refractivity contribution in [3.05, 3.63) is 102 Å². The van der Waals surface area contributed by atoms with Crippen LogP contribution in [0.25, 0.3) is 11.1 Å². The van der Waals surface area contributed by atoms with Crippen molar-refractivity contribution in [3.63, 3.8) is 0 Å². The molecule has 1 heterocycles. The lowest BCUT2D eigenvalue weighted by Gasteiger charge is -2.32. The van der Waals surface area contributed by atoms with Crippen molar-refractivity contribution in [2.75, 3.05) is 7.11 Å². The van der Waals surface area contributed by atoms with Crippen molar-refractivity contribution < 1.29 is 28.9 Å². The predicted molar refractivity (Wildman–Crippen MR) is 157 cm³/mol. The third kappa shape index (κ3) is 7.36. The Bertz CT molecular complexity index is 1490. The van der Waals surface area contributed by atoms with Crippen LogP contribution in [0.15, 0.2) is 84.9 Å². The summed E-state index contributed by atoms with van der Waals surface area (Å²) in [4.78, 5) is 24.9. The highest BCUT2D eigenvalue weighted by atomic mass is 16.5. The molecule has 0 spiro atoms. The molecule has 218 valence electrons. The molecule has 2 atom stereocenters. The zero-order valence-corrected chi connectivity index (χ0v) is 23.6. The Morgan fingerprint density at radius 1 is 0.952 bits per heavy atom. The van der Waals surface area contributed by atoms with Gasteiger partial charge in [-0.1, -0.05) is 79.6 Å². The summed E-state index contributed by atoms with van der Waals surface area (Å²) in [5.41, 5.74) is 3.76. The Balaban J connectivity index is 1.26. The van der Waals surface area contributed by atoms with Gasteiger partial charge in [-0.05, 0) is 47.2 Å². The molecule has 42 heavy (non-hydrogen) atoms. The van der Waals surface area contributed by atoms with Crippen LogP contribution in [0.2, 0.25) is 0 Å². The standard InChI is InChI=1S/C33H35N3O6/c1-40-26-17-15-24(16-18-26)27-12-6-5-11-25(27)22-42-32-19-29(33(38)39)35-36(32)20-31(37)34-28-13-7-8-14-30(28)41-21-23-9-3-2-4-10-23/h2-6,9-12,15-19,28,30H,7-8,13-14,20-22H2,1H3,(H,34,37)(H,38,39)/t28-,30-/m0/s1. The molecule has 4 aromatic rings. The lowest BCUT2D eigenvalue weighted by Crippen LogP contribution is -2.47. The van der Waals surface area contributed by atoms with E-state index < -0.39 is 5.97 Å². The molecular formula is C33H35N3O6. The lowest BCUT2D eigenvalue weighted by atomic mass is 9.92. The predicted octanol–water partition coefficient (Wildman–Crippen LogP) is 5.48. The van der Waals surface area contributed by atoms with Gasteiger partial charge >= 0.3 is 5.97 Å². The molecule has 0 aliphatic heterocycles. The average Bonchev–Trinajstić information content (AvgIpc) is 3.43. The van der Waals surface area contributed by atoms with E-state index >= 15 is 0 Å². The highest BCUT2D eigenvalue weighted by Crippen LogP contribution is 2.27. The summed E-state index contributed by atoms with van der Waals surface area (Å²) in [6.07, 6.45) is 3.63. The summed E-state index contributed by atoms with van der Waals surface area (Å²) >= 11 is 0. The van der Waals surface area contributed by atoms with Gasteiger partial charge in [0.25, 0.3) is 0 Å². The summed E-state index contributed by atoms with van der Waals surface area (Å²) < 4.78 is 18.8. The molecule has 1 fully saturated rings. The summed E-state index contributed by atoms with van der Waals surface area (Å²) in [5.74, 6) is -0.510. The van der Waals surface area contributed by atoms with Crippen LogP contribution in [0.4, 0.5) is 0 Å². The second kappa shape index (κ2) is 13.8. The number of carboxylic acids is 1. The number of carbonyl (C=O) groups is 2. The van der Waals surface area contributed by atoms with E-state index in [9.17, 15) is 14.7 Å². The fourth-order valence-electron chi connectivity index (χ4n) is 5.21. The van der Waals surface area contributed by atoms with Crippen molar-refractivity contribution >= 4 is 11.9 Å². The van der Waals surface area contributed by atoms with Gasteiger partial charge in [0, 0.05) is 6.07 Å². The molecular weight excluding hydrogens is 534 g/mol. The first-order valence-corrected chi connectivity index (χ1v) is 14.1. The average molecular weight is 570 g/mol. The first-order valence-electron chi connectivity index (χ1n) is 14.1. The number of hydrogen-bond acceptors (Lipinski definition) is 6. The maximum atomic E-state index is 13.2. The van der Waals surface area contributed by atoms with Gasteiger partial charge in [-0.3, -0.25) is 4.79 Å². The van der Waals surface area contributed by atoms with E-state index in [1.165, 1.54) is 10.7 Å². The van der Waals surface area contributed by atoms with Crippen molar-refractivity contribution in [1.82, 2.24) is 15.1 Å². The Hall–Kier alpha value is -4.63. The van der Waals surface area contributed by atoms with Gasteiger partial charge in [0.2, 0.25) is 11.8 Å². The molecule has 9 heteroatoms. The molecule has 0 saturated heterocycles. The minimum absolute atomic E-state index is 0.0970. The van der Waals surface area contributed by atoms with Crippen LogP contribution in [-0.2, 0) is 29.3 Å². The van der Waals surface area contributed by atoms with Gasteiger partial charge in [0.1, 0.15) is 18.9 Å². The maximum Gasteiger partial charge on any atom is 0.356 e. The van der Waals surface area contributed by atoms with Crippen molar-refractivity contribution in [1.29, 1.82) is 0 Å². The number of aromatic carboxylic acids is 1. The SMILES string of the molecule is COc1ccc(-c2ccccc2COc2cc(C(=O)O)nn2CC(=O)N[C@H]2CCCC[C@@H]2OCc2ccccc2)cc1. The number of benzene rings is 3. The second-order valence-electron chi connectivity index (χ2n) is 10.3. The fraction of sp³-hybridized carbons (Fsp3) is 0.303. The molecule has 1 amide bonds. The summed E-state index contributed by atoms with van der Waals surface area (Å²) in [6, 6.07) is 26.7. The van der Waals surface area contributed by atoms with Crippen LogP contribution in [0, 0.1) is 0 Å². The number of nitrogens with zero attached hydrogens (tertiary/aromatic N) is 2. The minimum Gasteiger partial charge on any atom is -0.497 e. The van der Waals surface area contributed by atoms with Gasteiger partial charge in [-0.15, -0.1) is 0 Å². The number of aromatic nitrogens is 2. The van der Waals surface area contributed by atoms with Crippen LogP contribution in [0.5, 0.6) is 11.6 Å². The Labute approximate surface area is 245 Å². The number of carbonyl (C=O) groups excluding carboxylic acids is 1. The van der Waals surface area contributed by atoms with Crippen LogP contribution in [0.3, 0.4) is 0 Å². The molecule has 1 aliphatic rings. The first-order chi connectivity index (χ1) is 20.5. The van der Waals surface area contributed by atoms with Crippen LogP contribution in [0.1, 0.15) is 47.3 Å². The minimum atomic E-state index is -1.20. The number of amides is 1. The molecule has 0 unspecified atom stereocenters. The molecule has 2 N–H and O–H groups in total. The Morgan fingerprint density at radius 3 is 2.45 bits per heavy atom. The number of rotatable bonds is 12. The normalized spacial score (nSPS) is 16.5. The molecule has 1 saturated carbocycles. The monoisotopic (exact) mass is 569 g/mol. The highest BCUT2D eigenvalue weighted by molar-refractivity contribution is 5.86. The second-order valence-corrected chi connectivity index (χ2v) is 10.3. The molecule has 0 radical (unpaired) electrons. The zero-order chi connectivity index (χ0) is 29.3. The van der Waals surface area contributed by atoms with Gasteiger partial charge < -0.3 is 24.6 Å².